The average Bonchev–Trinajstić information content (AvgIpc) is 2.51. The minimum atomic E-state index is -0.0698. The number of aromatic nitrogens is 1. The highest BCUT2D eigenvalue weighted by atomic mass is 16.5. The van der Waals surface area contributed by atoms with Crippen LogP contribution in [0.15, 0.2) is 10.6 Å². The number of nitrogens with zero attached hydrogens (tertiary/aromatic N) is 1. The quantitative estimate of drug-likeness (QED) is 0.770. The van der Waals surface area contributed by atoms with Crippen LogP contribution in [0.3, 0.4) is 0 Å². The van der Waals surface area contributed by atoms with E-state index in [4.69, 9.17) is 4.52 Å². The van der Waals surface area contributed by atoms with E-state index in [0.29, 0.717) is 12.3 Å². The lowest BCUT2D eigenvalue weighted by Crippen LogP contribution is -2.30. The highest BCUT2D eigenvalue weighted by molar-refractivity contribution is 5.89. The van der Waals surface area contributed by atoms with E-state index in [1.807, 2.05) is 13.8 Å². The lowest BCUT2D eigenvalue weighted by Gasteiger charge is -2.10. The van der Waals surface area contributed by atoms with Crippen molar-refractivity contribution in [1.82, 2.24) is 10.5 Å². The Bertz CT molecular complexity index is 322. The van der Waals surface area contributed by atoms with Crippen LogP contribution in [0.4, 0.5) is 5.88 Å². The maximum absolute atomic E-state index is 11.5. The maximum atomic E-state index is 11.5. The van der Waals surface area contributed by atoms with Crippen LogP contribution in [0.5, 0.6) is 0 Å². The summed E-state index contributed by atoms with van der Waals surface area (Å²) in [5.74, 6) is 0.334. The normalized spacial score (nSPS) is 12.5. The van der Waals surface area contributed by atoms with Gasteiger partial charge in [0.1, 0.15) is 0 Å². The SMILES string of the molecule is CCNC(C)CC(=O)Nc1cc(C)no1. The smallest absolute Gasteiger partial charge is 0.231 e. The predicted molar refractivity (Wildman–Crippen MR) is 57.6 cm³/mol. The molecule has 0 bridgehead atoms. The van der Waals surface area contributed by atoms with Crippen LogP contribution >= 0.6 is 0 Å². The Morgan fingerprint density at radius 2 is 2.40 bits per heavy atom. The second-order valence-electron chi connectivity index (χ2n) is 3.54. The molecule has 0 aliphatic carbocycles. The number of nitrogens with one attached hydrogen (secondary N) is 2. The van der Waals surface area contributed by atoms with Gasteiger partial charge in [0.25, 0.3) is 0 Å². The molecule has 1 atom stereocenters. The Morgan fingerprint density at radius 1 is 1.67 bits per heavy atom. The number of carbonyl (C=O) groups excluding carboxylic acids is 1. The molecule has 5 nitrogen and oxygen atoms in total. The van der Waals surface area contributed by atoms with Gasteiger partial charge in [-0.1, -0.05) is 12.1 Å². The molecule has 1 amide bonds. The van der Waals surface area contributed by atoms with Gasteiger partial charge >= 0.3 is 0 Å². The Labute approximate surface area is 89.2 Å². The van der Waals surface area contributed by atoms with Crippen molar-refractivity contribution >= 4 is 11.8 Å². The van der Waals surface area contributed by atoms with Gasteiger partial charge in [-0.2, -0.15) is 0 Å². The predicted octanol–water partition coefficient (Wildman–Crippen LogP) is 1.31. The fourth-order valence-electron chi connectivity index (χ4n) is 1.31. The van der Waals surface area contributed by atoms with E-state index in [-0.39, 0.29) is 11.9 Å². The molecule has 0 fully saturated rings. The van der Waals surface area contributed by atoms with Gasteiger partial charge in [0, 0.05) is 18.5 Å². The van der Waals surface area contributed by atoms with E-state index in [0.717, 1.165) is 12.2 Å². The molecule has 0 aliphatic rings. The van der Waals surface area contributed by atoms with E-state index >= 15 is 0 Å². The first-order valence-electron chi connectivity index (χ1n) is 5.08. The number of rotatable bonds is 5. The summed E-state index contributed by atoms with van der Waals surface area (Å²) in [5.41, 5.74) is 0.755. The molecule has 0 spiro atoms. The van der Waals surface area contributed by atoms with E-state index in [2.05, 4.69) is 15.8 Å². The first-order chi connectivity index (χ1) is 7.11. The van der Waals surface area contributed by atoms with Gasteiger partial charge in [-0.3, -0.25) is 10.1 Å². The molecule has 1 aromatic rings. The van der Waals surface area contributed by atoms with Crippen LogP contribution < -0.4 is 10.6 Å². The van der Waals surface area contributed by atoms with Gasteiger partial charge in [-0.05, 0) is 20.4 Å². The van der Waals surface area contributed by atoms with Crippen LogP contribution in [0, 0.1) is 6.92 Å². The van der Waals surface area contributed by atoms with Crippen LogP contribution in [-0.4, -0.2) is 23.7 Å². The van der Waals surface area contributed by atoms with E-state index in [1.165, 1.54) is 0 Å². The number of hydrogen-bond donors (Lipinski definition) is 2. The van der Waals surface area contributed by atoms with Gasteiger partial charge in [0.15, 0.2) is 0 Å². The number of anilines is 1. The van der Waals surface area contributed by atoms with Crippen LogP contribution in [0.1, 0.15) is 26.0 Å². The van der Waals surface area contributed by atoms with Crippen molar-refractivity contribution in [2.75, 3.05) is 11.9 Å². The molecule has 0 aliphatic heterocycles. The Kier molecular flexibility index (Phi) is 4.30. The molecule has 2 N–H and O–H groups in total. The first-order valence-corrected chi connectivity index (χ1v) is 5.08. The molecule has 1 rings (SSSR count). The summed E-state index contributed by atoms with van der Waals surface area (Å²) in [6, 6.07) is 1.86. The molecule has 1 unspecified atom stereocenters. The van der Waals surface area contributed by atoms with Crippen LogP contribution in [0.2, 0.25) is 0 Å². The van der Waals surface area contributed by atoms with Crippen molar-refractivity contribution in [3.63, 3.8) is 0 Å². The second kappa shape index (κ2) is 5.50. The van der Waals surface area contributed by atoms with Gasteiger partial charge in [0.05, 0.1) is 5.69 Å². The Hall–Kier alpha value is -1.36. The molecule has 1 heterocycles. The second-order valence-corrected chi connectivity index (χ2v) is 3.54. The zero-order valence-electron chi connectivity index (χ0n) is 9.33. The number of hydrogen-bond acceptors (Lipinski definition) is 4. The van der Waals surface area contributed by atoms with E-state index in [9.17, 15) is 4.79 Å². The molecule has 5 heteroatoms. The number of aryl methyl sites for hydroxylation is 1. The number of amides is 1. The topological polar surface area (TPSA) is 67.2 Å². The third-order valence-corrected chi connectivity index (χ3v) is 1.93. The van der Waals surface area contributed by atoms with Gasteiger partial charge in [-0.15, -0.1) is 0 Å². The van der Waals surface area contributed by atoms with Crippen molar-refractivity contribution in [2.24, 2.45) is 0 Å². The molecule has 84 valence electrons. The summed E-state index contributed by atoms with van der Waals surface area (Å²) in [4.78, 5) is 11.5. The fraction of sp³-hybridized carbons (Fsp3) is 0.600. The van der Waals surface area contributed by atoms with E-state index in [1.54, 1.807) is 13.0 Å². The summed E-state index contributed by atoms with van der Waals surface area (Å²) in [6.45, 7) is 6.64. The lowest BCUT2D eigenvalue weighted by atomic mass is 10.2. The highest BCUT2D eigenvalue weighted by Gasteiger charge is 2.10. The van der Waals surface area contributed by atoms with Crippen molar-refractivity contribution in [3.05, 3.63) is 11.8 Å². The molecule has 15 heavy (non-hydrogen) atoms. The van der Waals surface area contributed by atoms with Gasteiger partial charge < -0.3 is 9.84 Å². The Balaban J connectivity index is 2.36. The third kappa shape index (κ3) is 4.12. The molecular weight excluding hydrogens is 194 g/mol. The van der Waals surface area contributed by atoms with Crippen molar-refractivity contribution in [2.45, 2.75) is 33.2 Å². The molecule has 0 radical (unpaired) electrons. The van der Waals surface area contributed by atoms with Gasteiger partial charge in [0.2, 0.25) is 11.8 Å². The fourth-order valence-corrected chi connectivity index (χ4v) is 1.31. The van der Waals surface area contributed by atoms with Crippen molar-refractivity contribution < 1.29 is 9.32 Å². The molecule has 1 aromatic heterocycles. The molecule has 0 aromatic carbocycles. The third-order valence-electron chi connectivity index (χ3n) is 1.93. The average molecular weight is 211 g/mol. The minimum absolute atomic E-state index is 0.0698. The summed E-state index contributed by atoms with van der Waals surface area (Å²) in [6.07, 6.45) is 0.424. The first kappa shape index (κ1) is 11.7. The summed E-state index contributed by atoms with van der Waals surface area (Å²) in [5, 5.41) is 9.48. The van der Waals surface area contributed by atoms with Gasteiger partial charge in [-0.25, -0.2) is 0 Å². The lowest BCUT2D eigenvalue weighted by molar-refractivity contribution is -0.116. The van der Waals surface area contributed by atoms with Crippen molar-refractivity contribution in [3.8, 4) is 0 Å². The number of carbonyl (C=O) groups is 1. The molecule has 0 saturated heterocycles. The summed E-state index contributed by atoms with van der Waals surface area (Å²) < 4.78 is 4.87. The minimum Gasteiger partial charge on any atom is -0.338 e. The van der Waals surface area contributed by atoms with Crippen molar-refractivity contribution in [1.29, 1.82) is 0 Å². The largest absolute Gasteiger partial charge is 0.338 e. The monoisotopic (exact) mass is 211 g/mol. The maximum Gasteiger partial charge on any atom is 0.231 e. The highest BCUT2D eigenvalue weighted by Crippen LogP contribution is 2.08. The van der Waals surface area contributed by atoms with Crippen LogP contribution in [-0.2, 0) is 4.79 Å². The summed E-state index contributed by atoms with van der Waals surface area (Å²) in [7, 11) is 0. The standard InChI is InChI=1S/C10H17N3O2/c1-4-11-7(2)5-9(14)12-10-6-8(3)13-15-10/h6-7,11H,4-5H2,1-3H3,(H,12,14). The van der Waals surface area contributed by atoms with E-state index < -0.39 is 0 Å². The van der Waals surface area contributed by atoms with Crippen LogP contribution in [0.25, 0.3) is 0 Å². The Morgan fingerprint density at radius 3 is 2.93 bits per heavy atom. The molecular formula is C10H17N3O2. The summed E-state index contributed by atoms with van der Waals surface area (Å²) >= 11 is 0. The zero-order chi connectivity index (χ0) is 11.3. The zero-order valence-corrected chi connectivity index (χ0v) is 9.33. The molecule has 0 saturated carbocycles.